The van der Waals surface area contributed by atoms with Crippen LogP contribution in [0.3, 0.4) is 0 Å². The van der Waals surface area contributed by atoms with Gasteiger partial charge in [0.15, 0.2) is 0 Å². The van der Waals surface area contributed by atoms with E-state index in [-0.39, 0.29) is 11.4 Å². The van der Waals surface area contributed by atoms with Crippen molar-refractivity contribution in [2.45, 2.75) is 51.1 Å². The summed E-state index contributed by atoms with van der Waals surface area (Å²) in [6, 6.07) is 0.596. The summed E-state index contributed by atoms with van der Waals surface area (Å²) >= 11 is 0. The van der Waals surface area contributed by atoms with Crippen LogP contribution in [0.25, 0.3) is 0 Å². The molecular weight excluding hydrogens is 190 g/mol. The van der Waals surface area contributed by atoms with Crippen LogP contribution in [0.15, 0.2) is 0 Å². The fourth-order valence-corrected chi connectivity index (χ4v) is 2.23. The third-order valence-corrected chi connectivity index (χ3v) is 3.21. The second-order valence-electron chi connectivity index (χ2n) is 5.44. The van der Waals surface area contributed by atoms with Crippen LogP contribution in [0.2, 0.25) is 0 Å². The zero-order chi connectivity index (χ0) is 11.1. The molecule has 2 aliphatic rings. The molecule has 0 radical (unpaired) electrons. The SMILES string of the molecule is CC(C)(N)CN1C(=O)CCN1C1CCC1. The van der Waals surface area contributed by atoms with Gasteiger partial charge >= 0.3 is 0 Å². The van der Waals surface area contributed by atoms with Gasteiger partial charge in [-0.2, -0.15) is 0 Å². The molecule has 2 rings (SSSR count). The van der Waals surface area contributed by atoms with Crippen LogP contribution in [0, 0.1) is 0 Å². The molecule has 0 unspecified atom stereocenters. The Morgan fingerprint density at radius 3 is 2.60 bits per heavy atom. The van der Waals surface area contributed by atoms with Crippen molar-refractivity contribution < 1.29 is 4.79 Å². The standard InChI is InChI=1S/C11H21N3O/c1-11(2,12)8-14-10(15)6-7-13(14)9-4-3-5-9/h9H,3-8,12H2,1-2H3. The first-order chi connectivity index (χ1) is 6.97. The minimum absolute atomic E-state index is 0.237. The van der Waals surface area contributed by atoms with Gasteiger partial charge in [0.25, 0.3) is 0 Å². The van der Waals surface area contributed by atoms with Crippen LogP contribution < -0.4 is 5.73 Å². The van der Waals surface area contributed by atoms with Crippen LogP contribution in [0.4, 0.5) is 0 Å². The normalized spacial score (nSPS) is 24.7. The second-order valence-corrected chi connectivity index (χ2v) is 5.44. The number of hydrogen-bond acceptors (Lipinski definition) is 3. The number of carbonyl (C=O) groups excluding carboxylic acids is 1. The molecule has 1 aliphatic heterocycles. The van der Waals surface area contributed by atoms with E-state index < -0.39 is 0 Å². The third-order valence-electron chi connectivity index (χ3n) is 3.21. The van der Waals surface area contributed by atoms with E-state index in [1.165, 1.54) is 19.3 Å². The number of hydrogen-bond donors (Lipinski definition) is 1. The Hall–Kier alpha value is -0.610. The van der Waals surface area contributed by atoms with E-state index >= 15 is 0 Å². The Morgan fingerprint density at radius 1 is 1.47 bits per heavy atom. The summed E-state index contributed by atoms with van der Waals surface area (Å²) in [5.74, 6) is 0.237. The number of carbonyl (C=O) groups is 1. The lowest BCUT2D eigenvalue weighted by molar-refractivity contribution is -0.145. The molecule has 2 fully saturated rings. The highest BCUT2D eigenvalue weighted by molar-refractivity contribution is 5.77. The van der Waals surface area contributed by atoms with E-state index in [1.54, 1.807) is 0 Å². The number of nitrogens with zero attached hydrogens (tertiary/aromatic N) is 2. The number of rotatable bonds is 3. The quantitative estimate of drug-likeness (QED) is 0.748. The molecule has 1 heterocycles. The summed E-state index contributed by atoms with van der Waals surface area (Å²) in [6.07, 6.45) is 4.42. The monoisotopic (exact) mass is 211 g/mol. The maximum Gasteiger partial charge on any atom is 0.238 e. The molecule has 0 spiro atoms. The van der Waals surface area contributed by atoms with Crippen molar-refractivity contribution in [3.63, 3.8) is 0 Å². The van der Waals surface area contributed by atoms with Crippen molar-refractivity contribution >= 4 is 5.91 Å². The smallest absolute Gasteiger partial charge is 0.238 e. The second kappa shape index (κ2) is 3.76. The molecule has 1 aliphatic carbocycles. The van der Waals surface area contributed by atoms with E-state index in [0.29, 0.717) is 19.0 Å². The predicted octanol–water partition coefficient (Wildman–Crippen LogP) is 0.725. The molecule has 1 saturated heterocycles. The molecule has 0 aromatic rings. The van der Waals surface area contributed by atoms with Gasteiger partial charge in [-0.1, -0.05) is 6.42 Å². The maximum atomic E-state index is 11.7. The summed E-state index contributed by atoms with van der Waals surface area (Å²) in [4.78, 5) is 11.7. The van der Waals surface area contributed by atoms with Crippen LogP contribution in [-0.2, 0) is 4.79 Å². The fourth-order valence-electron chi connectivity index (χ4n) is 2.23. The van der Waals surface area contributed by atoms with Gasteiger partial charge in [-0.25, -0.2) is 5.01 Å². The van der Waals surface area contributed by atoms with E-state index in [9.17, 15) is 4.79 Å². The van der Waals surface area contributed by atoms with Crippen LogP contribution in [0.1, 0.15) is 39.5 Å². The summed E-state index contributed by atoms with van der Waals surface area (Å²) in [5.41, 5.74) is 5.68. The Labute approximate surface area is 91.4 Å². The third kappa shape index (κ3) is 2.32. The summed E-state index contributed by atoms with van der Waals surface area (Å²) in [7, 11) is 0. The molecular formula is C11H21N3O. The molecule has 0 bridgehead atoms. The molecule has 15 heavy (non-hydrogen) atoms. The molecule has 0 aromatic carbocycles. The zero-order valence-electron chi connectivity index (χ0n) is 9.70. The lowest BCUT2D eigenvalue weighted by Crippen LogP contribution is -2.55. The predicted molar refractivity (Wildman–Crippen MR) is 58.9 cm³/mol. The zero-order valence-corrected chi connectivity index (χ0v) is 9.70. The number of amides is 1. The highest BCUT2D eigenvalue weighted by atomic mass is 16.2. The first-order valence-electron chi connectivity index (χ1n) is 5.83. The topological polar surface area (TPSA) is 49.6 Å². The molecule has 2 N–H and O–H groups in total. The van der Waals surface area contributed by atoms with E-state index in [2.05, 4.69) is 5.01 Å². The Kier molecular flexibility index (Phi) is 2.73. The Morgan fingerprint density at radius 2 is 2.13 bits per heavy atom. The highest BCUT2D eigenvalue weighted by Crippen LogP contribution is 2.29. The van der Waals surface area contributed by atoms with Gasteiger partial charge in [0.1, 0.15) is 0 Å². The van der Waals surface area contributed by atoms with Crippen LogP contribution >= 0.6 is 0 Å². The van der Waals surface area contributed by atoms with Gasteiger partial charge in [-0.3, -0.25) is 9.80 Å². The molecule has 4 heteroatoms. The molecule has 4 nitrogen and oxygen atoms in total. The average molecular weight is 211 g/mol. The van der Waals surface area contributed by atoms with Gasteiger partial charge in [-0.05, 0) is 26.7 Å². The molecule has 1 amide bonds. The van der Waals surface area contributed by atoms with Gasteiger partial charge in [0.05, 0.1) is 6.54 Å². The Bertz CT molecular complexity index is 255. The minimum atomic E-state index is -0.304. The van der Waals surface area contributed by atoms with Crippen molar-refractivity contribution in [3.05, 3.63) is 0 Å². The lowest BCUT2D eigenvalue weighted by atomic mass is 9.92. The summed E-state index contributed by atoms with van der Waals surface area (Å²) < 4.78 is 0. The molecule has 86 valence electrons. The molecule has 0 aromatic heterocycles. The van der Waals surface area contributed by atoms with Crippen molar-refractivity contribution in [2.24, 2.45) is 5.73 Å². The van der Waals surface area contributed by atoms with E-state index in [0.717, 1.165) is 6.54 Å². The van der Waals surface area contributed by atoms with Crippen molar-refractivity contribution in [1.29, 1.82) is 0 Å². The summed E-state index contributed by atoms with van der Waals surface area (Å²) in [6.45, 7) is 5.47. The van der Waals surface area contributed by atoms with E-state index in [1.807, 2.05) is 18.9 Å². The average Bonchev–Trinajstić information content (AvgIpc) is 2.30. The molecule has 0 atom stereocenters. The van der Waals surface area contributed by atoms with Gasteiger partial charge < -0.3 is 5.73 Å². The van der Waals surface area contributed by atoms with Crippen molar-refractivity contribution in [1.82, 2.24) is 10.0 Å². The molecule has 1 saturated carbocycles. The van der Waals surface area contributed by atoms with Crippen LogP contribution in [-0.4, -0.2) is 40.6 Å². The number of nitrogens with two attached hydrogens (primary N) is 1. The van der Waals surface area contributed by atoms with Crippen molar-refractivity contribution in [3.8, 4) is 0 Å². The Balaban J connectivity index is 2.01. The lowest BCUT2D eigenvalue weighted by Gasteiger charge is -2.41. The highest BCUT2D eigenvalue weighted by Gasteiger charge is 2.38. The van der Waals surface area contributed by atoms with E-state index in [4.69, 9.17) is 5.73 Å². The van der Waals surface area contributed by atoms with Crippen LogP contribution in [0.5, 0.6) is 0 Å². The first kappa shape index (κ1) is 10.9. The van der Waals surface area contributed by atoms with Gasteiger partial charge in [-0.15, -0.1) is 0 Å². The summed E-state index contributed by atoms with van der Waals surface area (Å²) in [5, 5.41) is 4.12. The van der Waals surface area contributed by atoms with Gasteiger partial charge in [0, 0.05) is 24.5 Å². The fraction of sp³-hybridized carbons (Fsp3) is 0.909. The largest absolute Gasteiger partial charge is 0.324 e. The number of hydrazine groups is 1. The van der Waals surface area contributed by atoms with Gasteiger partial charge in [0.2, 0.25) is 5.91 Å². The maximum absolute atomic E-state index is 11.7. The minimum Gasteiger partial charge on any atom is -0.324 e. The van der Waals surface area contributed by atoms with Crippen molar-refractivity contribution in [2.75, 3.05) is 13.1 Å². The first-order valence-corrected chi connectivity index (χ1v) is 5.83.